The molecule has 0 spiro atoms. The van der Waals surface area contributed by atoms with Gasteiger partial charge in [-0.15, -0.1) is 0 Å². The number of halogens is 1. The van der Waals surface area contributed by atoms with Crippen molar-refractivity contribution in [3.63, 3.8) is 0 Å². The molecule has 0 aromatic heterocycles. The van der Waals surface area contributed by atoms with Crippen LogP contribution in [-0.4, -0.2) is 31.8 Å². The average molecular weight is 254 g/mol. The first-order chi connectivity index (χ1) is 8.07. The summed E-state index contributed by atoms with van der Waals surface area (Å²) >= 11 is 6.00. The summed E-state index contributed by atoms with van der Waals surface area (Å²) < 4.78 is 5.26. The summed E-state index contributed by atoms with van der Waals surface area (Å²) in [5, 5.41) is 0.682. The summed E-state index contributed by atoms with van der Waals surface area (Å²) in [5.74, 6) is 0.506. The molecule has 0 bridgehead atoms. The van der Waals surface area contributed by atoms with Crippen molar-refractivity contribution in [1.82, 2.24) is 0 Å². The van der Waals surface area contributed by atoms with Crippen molar-refractivity contribution < 1.29 is 4.74 Å². The molecule has 0 radical (unpaired) electrons. The van der Waals surface area contributed by atoms with Crippen LogP contribution in [0.4, 0.5) is 5.69 Å². The highest BCUT2D eigenvalue weighted by Gasteiger charge is 2.39. The van der Waals surface area contributed by atoms with E-state index in [2.05, 4.69) is 11.9 Å². The number of guanidine groups is 1. The maximum absolute atomic E-state index is 6.00. The van der Waals surface area contributed by atoms with Crippen molar-refractivity contribution in [2.45, 2.75) is 12.5 Å². The predicted molar refractivity (Wildman–Crippen MR) is 70.7 cm³/mol. The monoisotopic (exact) mass is 253 g/mol. The van der Waals surface area contributed by atoms with E-state index in [1.165, 1.54) is 0 Å². The van der Waals surface area contributed by atoms with Crippen LogP contribution in [0.5, 0.6) is 0 Å². The SMILES string of the molecule is COCC1(C)CN=C(N)N1c1cccc(Cl)c1. The lowest BCUT2D eigenvalue weighted by atomic mass is 10.0. The minimum absolute atomic E-state index is 0.247. The molecule has 0 fully saturated rings. The average Bonchev–Trinajstić information content (AvgIpc) is 2.55. The van der Waals surface area contributed by atoms with E-state index in [1.54, 1.807) is 7.11 Å². The van der Waals surface area contributed by atoms with Crippen LogP contribution in [0.2, 0.25) is 5.02 Å². The molecular formula is C12H16ClN3O. The van der Waals surface area contributed by atoms with Crippen LogP contribution < -0.4 is 10.6 Å². The van der Waals surface area contributed by atoms with Gasteiger partial charge in [-0.05, 0) is 25.1 Å². The molecule has 5 heteroatoms. The second kappa shape index (κ2) is 4.55. The van der Waals surface area contributed by atoms with Gasteiger partial charge in [-0.3, -0.25) is 4.99 Å². The van der Waals surface area contributed by atoms with E-state index in [9.17, 15) is 0 Å². The molecule has 1 unspecified atom stereocenters. The molecule has 2 N–H and O–H groups in total. The summed E-state index contributed by atoms with van der Waals surface area (Å²) in [5.41, 5.74) is 6.64. The normalized spacial score (nSPS) is 23.9. The Labute approximate surface area is 106 Å². The number of aliphatic imine (C=N–C) groups is 1. The van der Waals surface area contributed by atoms with Gasteiger partial charge in [-0.25, -0.2) is 0 Å². The lowest BCUT2D eigenvalue weighted by molar-refractivity contribution is 0.149. The fourth-order valence-electron chi connectivity index (χ4n) is 2.15. The Kier molecular flexibility index (Phi) is 3.26. The zero-order valence-corrected chi connectivity index (χ0v) is 10.7. The number of anilines is 1. The molecule has 0 saturated heterocycles. The maximum atomic E-state index is 6.00. The molecule has 2 rings (SSSR count). The minimum atomic E-state index is -0.247. The summed E-state index contributed by atoms with van der Waals surface area (Å²) in [4.78, 5) is 6.27. The Morgan fingerprint density at radius 3 is 3.00 bits per heavy atom. The smallest absolute Gasteiger partial charge is 0.196 e. The van der Waals surface area contributed by atoms with Gasteiger partial charge in [-0.2, -0.15) is 0 Å². The largest absolute Gasteiger partial charge is 0.382 e. The van der Waals surface area contributed by atoms with Gasteiger partial charge in [0.25, 0.3) is 0 Å². The first-order valence-corrected chi connectivity index (χ1v) is 5.79. The molecule has 1 aliphatic rings. The molecule has 1 aliphatic heterocycles. The van der Waals surface area contributed by atoms with Gasteiger partial charge in [0, 0.05) is 17.8 Å². The van der Waals surface area contributed by atoms with Gasteiger partial charge in [0.15, 0.2) is 5.96 Å². The third-order valence-corrected chi connectivity index (χ3v) is 3.11. The van der Waals surface area contributed by atoms with Crippen LogP contribution in [0.3, 0.4) is 0 Å². The number of benzene rings is 1. The topological polar surface area (TPSA) is 50.9 Å². The highest BCUT2D eigenvalue weighted by atomic mass is 35.5. The van der Waals surface area contributed by atoms with Crippen molar-refractivity contribution >= 4 is 23.2 Å². The van der Waals surface area contributed by atoms with E-state index in [0.29, 0.717) is 24.1 Å². The van der Waals surface area contributed by atoms with Gasteiger partial charge < -0.3 is 15.4 Å². The standard InChI is InChI=1S/C12H16ClN3O/c1-12(8-17-2)7-15-11(14)16(12)10-5-3-4-9(13)6-10/h3-6H,7-8H2,1-2H3,(H2,14,15). The third-order valence-electron chi connectivity index (χ3n) is 2.87. The predicted octanol–water partition coefficient (Wildman–Crippen LogP) is 1.88. The Morgan fingerprint density at radius 1 is 1.59 bits per heavy atom. The van der Waals surface area contributed by atoms with Crippen LogP contribution >= 0.6 is 11.6 Å². The number of ether oxygens (including phenoxy) is 1. The minimum Gasteiger partial charge on any atom is -0.382 e. The third kappa shape index (κ3) is 2.23. The van der Waals surface area contributed by atoms with Gasteiger partial charge in [0.1, 0.15) is 0 Å². The van der Waals surface area contributed by atoms with E-state index in [-0.39, 0.29) is 5.54 Å². The number of nitrogens with two attached hydrogens (primary N) is 1. The van der Waals surface area contributed by atoms with Crippen LogP contribution in [-0.2, 0) is 4.74 Å². The number of methoxy groups -OCH3 is 1. The molecule has 1 atom stereocenters. The van der Waals surface area contributed by atoms with E-state index in [4.69, 9.17) is 22.1 Å². The Bertz CT molecular complexity index is 449. The van der Waals surface area contributed by atoms with Crippen LogP contribution in [0.25, 0.3) is 0 Å². The number of hydrogen-bond donors (Lipinski definition) is 1. The molecule has 1 aromatic carbocycles. The van der Waals surface area contributed by atoms with Gasteiger partial charge in [-0.1, -0.05) is 17.7 Å². The molecule has 0 amide bonds. The second-order valence-electron chi connectivity index (χ2n) is 4.42. The van der Waals surface area contributed by atoms with Crippen molar-refractivity contribution in [2.75, 3.05) is 25.2 Å². The van der Waals surface area contributed by atoms with E-state index >= 15 is 0 Å². The highest BCUT2D eigenvalue weighted by Crippen LogP contribution is 2.30. The van der Waals surface area contributed by atoms with Crippen LogP contribution in [0, 0.1) is 0 Å². The van der Waals surface area contributed by atoms with Crippen molar-refractivity contribution in [3.05, 3.63) is 29.3 Å². The molecule has 92 valence electrons. The van der Waals surface area contributed by atoms with Gasteiger partial charge in [0.2, 0.25) is 0 Å². The summed E-state index contributed by atoms with van der Waals surface area (Å²) in [6.45, 7) is 3.25. The fourth-order valence-corrected chi connectivity index (χ4v) is 2.33. The quantitative estimate of drug-likeness (QED) is 0.895. The summed E-state index contributed by atoms with van der Waals surface area (Å²) in [6.07, 6.45) is 0. The van der Waals surface area contributed by atoms with Gasteiger partial charge >= 0.3 is 0 Å². The second-order valence-corrected chi connectivity index (χ2v) is 4.86. The molecule has 4 nitrogen and oxygen atoms in total. The van der Waals surface area contributed by atoms with Crippen molar-refractivity contribution in [3.8, 4) is 0 Å². The van der Waals surface area contributed by atoms with E-state index in [0.717, 1.165) is 5.69 Å². The molecule has 0 saturated carbocycles. The fraction of sp³-hybridized carbons (Fsp3) is 0.417. The Morgan fingerprint density at radius 2 is 2.35 bits per heavy atom. The zero-order valence-electron chi connectivity index (χ0n) is 9.98. The number of hydrogen-bond acceptors (Lipinski definition) is 4. The first kappa shape index (κ1) is 12.2. The van der Waals surface area contributed by atoms with Crippen molar-refractivity contribution in [1.29, 1.82) is 0 Å². The van der Waals surface area contributed by atoms with E-state index < -0.39 is 0 Å². The van der Waals surface area contributed by atoms with Crippen molar-refractivity contribution in [2.24, 2.45) is 10.7 Å². The van der Waals surface area contributed by atoms with Crippen LogP contribution in [0.1, 0.15) is 6.92 Å². The number of rotatable bonds is 3. The lowest BCUT2D eigenvalue weighted by Gasteiger charge is -2.35. The zero-order chi connectivity index (χ0) is 12.5. The molecule has 1 heterocycles. The van der Waals surface area contributed by atoms with Crippen LogP contribution in [0.15, 0.2) is 29.3 Å². The molecule has 0 aliphatic carbocycles. The molecular weight excluding hydrogens is 238 g/mol. The highest BCUT2D eigenvalue weighted by molar-refractivity contribution is 6.31. The summed E-state index contributed by atoms with van der Waals surface area (Å²) in [7, 11) is 1.68. The Balaban J connectivity index is 2.37. The molecule has 1 aromatic rings. The van der Waals surface area contributed by atoms with E-state index in [1.807, 2.05) is 29.2 Å². The maximum Gasteiger partial charge on any atom is 0.196 e. The first-order valence-electron chi connectivity index (χ1n) is 5.41. The Hall–Kier alpha value is -1.26. The number of nitrogens with zero attached hydrogens (tertiary/aromatic N) is 2. The van der Waals surface area contributed by atoms with Gasteiger partial charge in [0.05, 0.1) is 18.7 Å². The summed E-state index contributed by atoms with van der Waals surface area (Å²) in [6, 6.07) is 7.58. The molecule has 17 heavy (non-hydrogen) atoms. The lowest BCUT2D eigenvalue weighted by Crippen LogP contribution is -2.52.